The Morgan fingerprint density at radius 2 is 2.00 bits per heavy atom. The number of phenolic OH excluding ortho intramolecular Hbond substituents is 1. The summed E-state index contributed by atoms with van der Waals surface area (Å²) in [7, 11) is 0. The summed E-state index contributed by atoms with van der Waals surface area (Å²) in [5, 5.41) is 21.1. The van der Waals surface area contributed by atoms with Gasteiger partial charge >= 0.3 is 5.97 Å². The van der Waals surface area contributed by atoms with E-state index in [4.69, 9.17) is 5.11 Å². The second-order valence-electron chi connectivity index (χ2n) is 4.02. The van der Waals surface area contributed by atoms with Gasteiger partial charge in [-0.25, -0.2) is 9.18 Å². The first kappa shape index (κ1) is 12.9. The van der Waals surface area contributed by atoms with Crippen LogP contribution in [0, 0.1) is 5.82 Å². The Morgan fingerprint density at radius 3 is 2.68 bits per heavy atom. The standard InChI is InChI=1S/C14H12FNO3/c15-13-5-4-10(7-12(13)14(18)19)16-8-9-2-1-3-11(17)6-9/h1-7,16-17H,8H2,(H,18,19). The summed E-state index contributed by atoms with van der Waals surface area (Å²) in [5.74, 6) is -1.92. The van der Waals surface area contributed by atoms with Gasteiger partial charge in [0.25, 0.3) is 0 Å². The van der Waals surface area contributed by atoms with E-state index in [1.807, 2.05) is 6.07 Å². The molecule has 2 rings (SSSR count). The molecule has 0 unspecified atom stereocenters. The van der Waals surface area contributed by atoms with Crippen molar-refractivity contribution in [3.63, 3.8) is 0 Å². The molecule has 0 bridgehead atoms. The van der Waals surface area contributed by atoms with Crippen LogP contribution in [-0.2, 0) is 6.54 Å². The molecule has 0 spiro atoms. The number of phenols is 1. The molecule has 0 aliphatic heterocycles. The van der Waals surface area contributed by atoms with Gasteiger partial charge in [0.1, 0.15) is 11.6 Å². The van der Waals surface area contributed by atoms with Crippen LogP contribution in [-0.4, -0.2) is 16.2 Å². The fourth-order valence-electron chi connectivity index (χ4n) is 1.67. The summed E-state index contributed by atoms with van der Waals surface area (Å²) in [6, 6.07) is 10.5. The summed E-state index contributed by atoms with van der Waals surface area (Å²) >= 11 is 0. The van der Waals surface area contributed by atoms with Crippen LogP contribution in [0.15, 0.2) is 42.5 Å². The maximum atomic E-state index is 13.2. The zero-order valence-electron chi connectivity index (χ0n) is 9.93. The van der Waals surface area contributed by atoms with Crippen LogP contribution >= 0.6 is 0 Å². The Hall–Kier alpha value is -2.56. The van der Waals surface area contributed by atoms with Crippen molar-refractivity contribution in [1.29, 1.82) is 0 Å². The van der Waals surface area contributed by atoms with Gasteiger partial charge in [-0.15, -0.1) is 0 Å². The number of carbonyl (C=O) groups is 1. The highest BCUT2D eigenvalue weighted by Crippen LogP contribution is 2.17. The summed E-state index contributed by atoms with van der Waals surface area (Å²) in [5.41, 5.74) is 0.962. The number of carboxylic acids is 1. The van der Waals surface area contributed by atoms with Crippen molar-refractivity contribution in [2.45, 2.75) is 6.54 Å². The molecule has 0 fully saturated rings. The molecule has 0 aliphatic carbocycles. The van der Waals surface area contributed by atoms with E-state index in [0.717, 1.165) is 11.6 Å². The molecule has 19 heavy (non-hydrogen) atoms. The Kier molecular flexibility index (Phi) is 3.66. The van der Waals surface area contributed by atoms with Gasteiger partial charge in [-0.05, 0) is 35.9 Å². The third-order valence-corrected chi connectivity index (χ3v) is 2.60. The van der Waals surface area contributed by atoms with Crippen LogP contribution in [0.3, 0.4) is 0 Å². The van der Waals surface area contributed by atoms with Gasteiger partial charge in [0.2, 0.25) is 0 Å². The number of anilines is 1. The molecule has 0 saturated carbocycles. The van der Waals surface area contributed by atoms with Crippen LogP contribution in [0.1, 0.15) is 15.9 Å². The van der Waals surface area contributed by atoms with Crippen LogP contribution < -0.4 is 5.32 Å². The molecule has 0 aliphatic rings. The van der Waals surface area contributed by atoms with Crippen molar-refractivity contribution in [2.75, 3.05) is 5.32 Å². The predicted octanol–water partition coefficient (Wildman–Crippen LogP) is 2.84. The second-order valence-corrected chi connectivity index (χ2v) is 4.02. The predicted molar refractivity (Wildman–Crippen MR) is 68.8 cm³/mol. The van der Waals surface area contributed by atoms with E-state index in [0.29, 0.717) is 12.2 Å². The Balaban J connectivity index is 2.12. The number of hydrogen-bond acceptors (Lipinski definition) is 3. The number of rotatable bonds is 4. The topological polar surface area (TPSA) is 69.6 Å². The fourth-order valence-corrected chi connectivity index (χ4v) is 1.67. The highest BCUT2D eigenvalue weighted by atomic mass is 19.1. The first-order chi connectivity index (χ1) is 9.06. The number of hydrogen-bond donors (Lipinski definition) is 3. The summed E-state index contributed by atoms with van der Waals surface area (Å²) in [6.45, 7) is 0.402. The van der Waals surface area contributed by atoms with E-state index in [1.165, 1.54) is 12.1 Å². The van der Waals surface area contributed by atoms with E-state index >= 15 is 0 Å². The van der Waals surface area contributed by atoms with Crippen molar-refractivity contribution >= 4 is 11.7 Å². The van der Waals surface area contributed by atoms with Gasteiger partial charge < -0.3 is 15.5 Å². The Bertz CT molecular complexity index is 613. The maximum absolute atomic E-state index is 13.2. The number of carboxylic acid groups (broad SMARTS) is 1. The molecule has 0 radical (unpaired) electrons. The Morgan fingerprint density at radius 1 is 1.21 bits per heavy atom. The van der Waals surface area contributed by atoms with Crippen molar-refractivity contribution in [3.8, 4) is 5.75 Å². The average molecular weight is 261 g/mol. The van der Waals surface area contributed by atoms with Crippen molar-refractivity contribution in [3.05, 3.63) is 59.4 Å². The molecular formula is C14H12FNO3. The first-order valence-corrected chi connectivity index (χ1v) is 5.61. The van der Waals surface area contributed by atoms with Gasteiger partial charge in [0.05, 0.1) is 5.56 Å². The lowest BCUT2D eigenvalue weighted by Gasteiger charge is -2.08. The smallest absolute Gasteiger partial charge is 0.338 e. The molecular weight excluding hydrogens is 249 g/mol. The van der Waals surface area contributed by atoms with Gasteiger partial charge in [-0.1, -0.05) is 12.1 Å². The normalized spacial score (nSPS) is 10.2. The number of aromatic hydroxyl groups is 1. The molecule has 2 aromatic carbocycles. The summed E-state index contributed by atoms with van der Waals surface area (Å²) in [6.07, 6.45) is 0. The number of nitrogens with one attached hydrogen (secondary N) is 1. The lowest BCUT2D eigenvalue weighted by molar-refractivity contribution is 0.0692. The molecule has 0 heterocycles. The molecule has 98 valence electrons. The van der Waals surface area contributed by atoms with Gasteiger partial charge in [0, 0.05) is 12.2 Å². The SMILES string of the molecule is O=C(O)c1cc(NCc2cccc(O)c2)ccc1F. The van der Waals surface area contributed by atoms with Crippen molar-refractivity contribution in [1.82, 2.24) is 0 Å². The fraction of sp³-hybridized carbons (Fsp3) is 0.0714. The van der Waals surface area contributed by atoms with Crippen LogP contribution in [0.2, 0.25) is 0 Å². The molecule has 4 nitrogen and oxygen atoms in total. The number of halogens is 1. The molecule has 3 N–H and O–H groups in total. The van der Waals surface area contributed by atoms with Gasteiger partial charge in [-0.3, -0.25) is 0 Å². The molecule has 0 saturated heterocycles. The molecule has 0 atom stereocenters. The van der Waals surface area contributed by atoms with Crippen LogP contribution in [0.5, 0.6) is 5.75 Å². The lowest BCUT2D eigenvalue weighted by Crippen LogP contribution is -2.04. The second kappa shape index (κ2) is 5.39. The third-order valence-electron chi connectivity index (χ3n) is 2.60. The van der Waals surface area contributed by atoms with Gasteiger partial charge in [-0.2, -0.15) is 0 Å². The maximum Gasteiger partial charge on any atom is 0.338 e. The third kappa shape index (κ3) is 3.22. The van der Waals surface area contributed by atoms with Crippen molar-refractivity contribution < 1.29 is 19.4 Å². The molecule has 0 amide bonds. The molecule has 0 aromatic heterocycles. The highest BCUT2D eigenvalue weighted by Gasteiger charge is 2.10. The summed E-state index contributed by atoms with van der Waals surface area (Å²) in [4.78, 5) is 10.8. The minimum atomic E-state index is -1.31. The molecule has 5 heteroatoms. The zero-order chi connectivity index (χ0) is 13.8. The van der Waals surface area contributed by atoms with E-state index < -0.39 is 11.8 Å². The lowest BCUT2D eigenvalue weighted by atomic mass is 10.1. The van der Waals surface area contributed by atoms with Crippen molar-refractivity contribution in [2.24, 2.45) is 0 Å². The average Bonchev–Trinajstić information content (AvgIpc) is 2.37. The van der Waals surface area contributed by atoms with E-state index in [1.54, 1.807) is 18.2 Å². The largest absolute Gasteiger partial charge is 0.508 e. The van der Waals surface area contributed by atoms with Crippen LogP contribution in [0.25, 0.3) is 0 Å². The number of aromatic carboxylic acids is 1. The van der Waals surface area contributed by atoms with E-state index in [2.05, 4.69) is 5.32 Å². The number of benzene rings is 2. The highest BCUT2D eigenvalue weighted by molar-refractivity contribution is 5.89. The minimum absolute atomic E-state index is 0.157. The quantitative estimate of drug-likeness (QED) is 0.791. The monoisotopic (exact) mass is 261 g/mol. The molecule has 2 aromatic rings. The van der Waals surface area contributed by atoms with Crippen LogP contribution in [0.4, 0.5) is 10.1 Å². The zero-order valence-corrected chi connectivity index (χ0v) is 9.93. The minimum Gasteiger partial charge on any atom is -0.508 e. The van der Waals surface area contributed by atoms with E-state index in [9.17, 15) is 14.3 Å². The first-order valence-electron chi connectivity index (χ1n) is 5.61. The van der Waals surface area contributed by atoms with E-state index in [-0.39, 0.29) is 11.3 Å². The summed E-state index contributed by atoms with van der Waals surface area (Å²) < 4.78 is 13.2. The Labute approximate surface area is 109 Å². The van der Waals surface area contributed by atoms with Gasteiger partial charge in [0.15, 0.2) is 0 Å².